The number of aryl methyl sites for hydroxylation is 1. The molecule has 0 aliphatic heterocycles. The van der Waals surface area contributed by atoms with Gasteiger partial charge in [0.1, 0.15) is 10.6 Å². The van der Waals surface area contributed by atoms with Crippen LogP contribution in [0.3, 0.4) is 0 Å². The van der Waals surface area contributed by atoms with Gasteiger partial charge in [-0.1, -0.05) is 26.8 Å². The van der Waals surface area contributed by atoms with Crippen molar-refractivity contribution >= 4 is 39.1 Å². The summed E-state index contributed by atoms with van der Waals surface area (Å²) in [5.41, 5.74) is 4.56. The number of ether oxygens (including phenoxy) is 1. The molecule has 0 saturated heterocycles. The van der Waals surface area contributed by atoms with Gasteiger partial charge in [0.25, 0.3) is 5.91 Å². The molecule has 2 amide bonds. The van der Waals surface area contributed by atoms with E-state index in [9.17, 15) is 9.59 Å². The summed E-state index contributed by atoms with van der Waals surface area (Å²) >= 11 is 1.54. The molecule has 6 nitrogen and oxygen atoms in total. The molecule has 34 heavy (non-hydrogen) atoms. The van der Waals surface area contributed by atoms with Crippen LogP contribution in [0.1, 0.15) is 72.0 Å². The van der Waals surface area contributed by atoms with E-state index in [1.165, 1.54) is 10.4 Å². The predicted octanol–water partition coefficient (Wildman–Crippen LogP) is 5.62. The van der Waals surface area contributed by atoms with Crippen molar-refractivity contribution < 1.29 is 18.7 Å². The number of methoxy groups -OCH3 is 1. The summed E-state index contributed by atoms with van der Waals surface area (Å²) in [5, 5.41) is 7.66. The highest BCUT2D eigenvalue weighted by molar-refractivity contribution is 7.17. The molecular formula is C27H34N2O4S. The van der Waals surface area contributed by atoms with E-state index in [0.29, 0.717) is 23.7 Å². The van der Waals surface area contributed by atoms with E-state index >= 15 is 0 Å². The zero-order chi connectivity index (χ0) is 24.3. The van der Waals surface area contributed by atoms with Gasteiger partial charge < -0.3 is 19.8 Å². The first-order valence-electron chi connectivity index (χ1n) is 12.0. The second-order valence-electron chi connectivity index (χ2n) is 9.96. The SMILES string of the molecule is COCCCNC(=O)c1c(NC(=O)Cc2coc3ccc(C(C)(C)C)cc23)sc2c1CCCC2. The fraction of sp³-hybridized carbons (Fsp3) is 0.481. The normalized spacial score (nSPS) is 13.6. The van der Waals surface area contributed by atoms with Crippen LogP contribution in [-0.4, -0.2) is 32.1 Å². The predicted molar refractivity (Wildman–Crippen MR) is 137 cm³/mol. The molecule has 0 radical (unpaired) electrons. The van der Waals surface area contributed by atoms with E-state index in [1.807, 2.05) is 6.07 Å². The van der Waals surface area contributed by atoms with E-state index in [-0.39, 0.29) is 23.7 Å². The van der Waals surface area contributed by atoms with E-state index in [1.54, 1.807) is 24.7 Å². The van der Waals surface area contributed by atoms with Crippen LogP contribution in [-0.2, 0) is 34.2 Å². The summed E-state index contributed by atoms with van der Waals surface area (Å²) in [4.78, 5) is 27.4. The average molecular weight is 483 g/mol. The number of nitrogens with one attached hydrogen (secondary N) is 2. The number of hydrogen-bond acceptors (Lipinski definition) is 5. The van der Waals surface area contributed by atoms with Crippen molar-refractivity contribution in [3.05, 3.63) is 51.6 Å². The van der Waals surface area contributed by atoms with Gasteiger partial charge >= 0.3 is 0 Å². The van der Waals surface area contributed by atoms with Gasteiger partial charge in [0.15, 0.2) is 0 Å². The molecule has 2 heterocycles. The summed E-state index contributed by atoms with van der Waals surface area (Å²) in [7, 11) is 1.65. The quantitative estimate of drug-likeness (QED) is 0.409. The monoisotopic (exact) mass is 482 g/mol. The Balaban J connectivity index is 1.54. The number of furan rings is 1. The molecule has 0 bridgehead atoms. The third-order valence-electron chi connectivity index (χ3n) is 6.33. The van der Waals surface area contributed by atoms with Crippen LogP contribution in [0.15, 0.2) is 28.9 Å². The molecule has 0 fully saturated rings. The topological polar surface area (TPSA) is 80.6 Å². The Labute approximate surface area is 205 Å². The van der Waals surface area contributed by atoms with Gasteiger partial charge in [-0.3, -0.25) is 9.59 Å². The van der Waals surface area contributed by atoms with Gasteiger partial charge in [-0.2, -0.15) is 0 Å². The van der Waals surface area contributed by atoms with Crippen LogP contribution in [0.2, 0.25) is 0 Å². The van der Waals surface area contributed by atoms with Gasteiger partial charge in [-0.15, -0.1) is 11.3 Å². The Bertz CT molecular complexity index is 1190. The van der Waals surface area contributed by atoms with Crippen LogP contribution in [0.5, 0.6) is 0 Å². The van der Waals surface area contributed by atoms with Crippen molar-refractivity contribution in [2.75, 3.05) is 25.6 Å². The summed E-state index contributed by atoms with van der Waals surface area (Å²) in [6.07, 6.45) is 6.63. The molecule has 1 aliphatic rings. The number of anilines is 1. The number of carbonyl (C=O) groups excluding carboxylic acids is 2. The lowest BCUT2D eigenvalue weighted by Crippen LogP contribution is -2.27. The molecule has 0 spiro atoms. The summed E-state index contributed by atoms with van der Waals surface area (Å²) in [6.45, 7) is 7.64. The maximum Gasteiger partial charge on any atom is 0.254 e. The standard InChI is InChI=1S/C27H34N2O4S/c1-27(2,3)18-10-11-21-20(15-18)17(16-33-21)14-23(30)29-26-24(25(31)28-12-7-13-32-4)19-8-5-6-9-22(19)34-26/h10-11,15-16H,5-9,12-14H2,1-4H3,(H,28,31)(H,29,30). The summed E-state index contributed by atoms with van der Waals surface area (Å²) in [6, 6.07) is 6.16. The Kier molecular flexibility index (Phi) is 7.43. The summed E-state index contributed by atoms with van der Waals surface area (Å²) < 4.78 is 10.8. The van der Waals surface area contributed by atoms with E-state index in [0.717, 1.165) is 54.2 Å². The molecule has 0 unspecified atom stereocenters. The van der Waals surface area contributed by atoms with Crippen LogP contribution in [0, 0.1) is 0 Å². The van der Waals surface area contributed by atoms with Gasteiger partial charge in [0, 0.05) is 36.1 Å². The van der Waals surface area contributed by atoms with Crippen molar-refractivity contribution in [1.29, 1.82) is 0 Å². The van der Waals surface area contributed by atoms with Gasteiger partial charge in [0.2, 0.25) is 5.91 Å². The second kappa shape index (κ2) is 10.3. The molecular weight excluding hydrogens is 448 g/mol. The molecule has 4 rings (SSSR count). The highest BCUT2D eigenvalue weighted by atomic mass is 32.1. The van der Waals surface area contributed by atoms with Crippen molar-refractivity contribution in [2.45, 2.75) is 64.7 Å². The number of thiophene rings is 1. The first-order chi connectivity index (χ1) is 16.3. The number of rotatable bonds is 8. The number of benzene rings is 1. The minimum atomic E-state index is -0.143. The third-order valence-corrected chi connectivity index (χ3v) is 7.54. The Morgan fingerprint density at radius 2 is 1.97 bits per heavy atom. The highest BCUT2D eigenvalue weighted by Crippen LogP contribution is 2.38. The maximum atomic E-state index is 13.1. The molecule has 0 atom stereocenters. The molecule has 7 heteroatoms. The molecule has 182 valence electrons. The molecule has 1 aliphatic carbocycles. The van der Waals surface area contributed by atoms with Gasteiger partial charge in [-0.05, 0) is 60.8 Å². The van der Waals surface area contributed by atoms with E-state index in [4.69, 9.17) is 9.15 Å². The molecule has 0 saturated carbocycles. The minimum Gasteiger partial charge on any atom is -0.464 e. The fourth-order valence-electron chi connectivity index (χ4n) is 4.43. The lowest BCUT2D eigenvalue weighted by atomic mass is 9.86. The molecule has 3 aromatic rings. The second-order valence-corrected chi connectivity index (χ2v) is 11.1. The van der Waals surface area contributed by atoms with E-state index in [2.05, 4.69) is 43.5 Å². The number of fused-ring (bicyclic) bond motifs is 2. The largest absolute Gasteiger partial charge is 0.464 e. The van der Waals surface area contributed by atoms with Crippen LogP contribution in [0.4, 0.5) is 5.00 Å². The van der Waals surface area contributed by atoms with Crippen molar-refractivity contribution in [1.82, 2.24) is 5.32 Å². The van der Waals surface area contributed by atoms with Gasteiger partial charge in [0.05, 0.1) is 18.2 Å². The zero-order valence-electron chi connectivity index (χ0n) is 20.5. The average Bonchev–Trinajstić information content (AvgIpc) is 3.36. The van der Waals surface area contributed by atoms with Crippen molar-refractivity contribution in [2.24, 2.45) is 0 Å². The summed E-state index contributed by atoms with van der Waals surface area (Å²) in [5.74, 6) is -0.259. The van der Waals surface area contributed by atoms with Crippen LogP contribution >= 0.6 is 11.3 Å². The van der Waals surface area contributed by atoms with Crippen molar-refractivity contribution in [3.63, 3.8) is 0 Å². The van der Waals surface area contributed by atoms with E-state index < -0.39 is 0 Å². The number of carbonyl (C=O) groups is 2. The molecule has 2 N–H and O–H groups in total. The third kappa shape index (κ3) is 5.36. The zero-order valence-corrected chi connectivity index (χ0v) is 21.3. The maximum absolute atomic E-state index is 13.1. The lowest BCUT2D eigenvalue weighted by molar-refractivity contribution is -0.115. The first kappa shape index (κ1) is 24.5. The number of hydrogen-bond donors (Lipinski definition) is 2. The highest BCUT2D eigenvalue weighted by Gasteiger charge is 2.26. The molecule has 1 aromatic carbocycles. The Morgan fingerprint density at radius 1 is 1.18 bits per heavy atom. The van der Waals surface area contributed by atoms with Crippen LogP contribution in [0.25, 0.3) is 11.0 Å². The molecule has 2 aromatic heterocycles. The van der Waals surface area contributed by atoms with Crippen LogP contribution < -0.4 is 10.6 Å². The lowest BCUT2D eigenvalue weighted by Gasteiger charge is -2.18. The van der Waals surface area contributed by atoms with Gasteiger partial charge in [-0.25, -0.2) is 0 Å². The van der Waals surface area contributed by atoms with Crippen molar-refractivity contribution in [3.8, 4) is 0 Å². The smallest absolute Gasteiger partial charge is 0.254 e. The fourth-order valence-corrected chi connectivity index (χ4v) is 5.73. The Morgan fingerprint density at radius 3 is 2.74 bits per heavy atom. The first-order valence-corrected chi connectivity index (χ1v) is 12.8. The minimum absolute atomic E-state index is 0.00649. The number of amides is 2. The Hall–Kier alpha value is -2.64.